The summed E-state index contributed by atoms with van der Waals surface area (Å²) in [5.41, 5.74) is 5.24. The molecule has 6 nitrogen and oxygen atoms in total. The number of benzene rings is 2. The maximum Gasteiger partial charge on any atom is 0.277 e. The number of nitrogens with zero attached hydrogens (tertiary/aromatic N) is 3. The van der Waals surface area contributed by atoms with E-state index in [1.165, 1.54) is 17.6 Å². The largest absolute Gasteiger partial charge is 0.484 e. The lowest BCUT2D eigenvalue weighted by molar-refractivity contribution is -0.123. The summed E-state index contributed by atoms with van der Waals surface area (Å²) in [6.07, 6.45) is 3.30. The first-order chi connectivity index (χ1) is 13.7. The van der Waals surface area contributed by atoms with Crippen LogP contribution in [0.15, 0.2) is 71.3 Å². The van der Waals surface area contributed by atoms with Crippen LogP contribution < -0.4 is 10.2 Å². The Bertz CT molecular complexity index is 1120. The van der Waals surface area contributed by atoms with E-state index in [2.05, 4.69) is 15.5 Å². The van der Waals surface area contributed by atoms with Crippen molar-refractivity contribution in [2.24, 2.45) is 5.10 Å². The van der Waals surface area contributed by atoms with Gasteiger partial charge in [-0.3, -0.25) is 9.20 Å². The van der Waals surface area contributed by atoms with E-state index in [1.54, 1.807) is 4.40 Å². The number of nitrogens with one attached hydrogen (secondary N) is 1. The highest BCUT2D eigenvalue weighted by atomic mass is 35.5. The number of carbonyl (C=O) groups excluding carboxylic acids is 1. The minimum Gasteiger partial charge on any atom is -0.484 e. The molecule has 0 aliphatic heterocycles. The van der Waals surface area contributed by atoms with Gasteiger partial charge < -0.3 is 4.74 Å². The highest BCUT2D eigenvalue weighted by Gasteiger charge is 2.09. The van der Waals surface area contributed by atoms with Crippen LogP contribution in [0.3, 0.4) is 0 Å². The molecule has 8 heteroatoms. The van der Waals surface area contributed by atoms with Gasteiger partial charge in [0.05, 0.1) is 6.21 Å². The third-order valence-corrected chi connectivity index (χ3v) is 5.00. The molecule has 1 amide bonds. The lowest BCUT2D eigenvalue weighted by Crippen LogP contribution is -2.24. The van der Waals surface area contributed by atoms with E-state index in [1.807, 2.05) is 66.2 Å². The fourth-order valence-corrected chi connectivity index (χ4v) is 3.60. The molecule has 0 saturated carbocycles. The van der Waals surface area contributed by atoms with E-state index in [0.29, 0.717) is 16.6 Å². The van der Waals surface area contributed by atoms with Crippen LogP contribution in [-0.4, -0.2) is 28.1 Å². The number of amides is 1. The Labute approximate surface area is 170 Å². The minimum atomic E-state index is -0.370. The van der Waals surface area contributed by atoms with Gasteiger partial charge in [0.15, 0.2) is 16.7 Å². The molecule has 2 aromatic carbocycles. The van der Waals surface area contributed by atoms with E-state index in [0.717, 1.165) is 16.1 Å². The molecule has 2 heterocycles. The van der Waals surface area contributed by atoms with Gasteiger partial charge in [0.25, 0.3) is 5.91 Å². The average molecular weight is 411 g/mol. The summed E-state index contributed by atoms with van der Waals surface area (Å²) in [6, 6.07) is 17.6. The molecule has 0 aliphatic carbocycles. The topological polar surface area (TPSA) is 68.0 Å². The Hall–Kier alpha value is -3.16. The van der Waals surface area contributed by atoms with Gasteiger partial charge in [-0.15, -0.1) is 11.3 Å². The average Bonchev–Trinajstić information content (AvgIpc) is 3.29. The summed E-state index contributed by atoms with van der Waals surface area (Å²) in [4.78, 5) is 16.9. The van der Waals surface area contributed by atoms with Crippen LogP contribution in [0.5, 0.6) is 5.75 Å². The van der Waals surface area contributed by atoms with Gasteiger partial charge in [0.2, 0.25) is 0 Å². The van der Waals surface area contributed by atoms with Crippen molar-refractivity contribution < 1.29 is 9.53 Å². The van der Waals surface area contributed by atoms with Crippen molar-refractivity contribution in [3.63, 3.8) is 0 Å². The van der Waals surface area contributed by atoms with Crippen molar-refractivity contribution >= 4 is 40.0 Å². The summed E-state index contributed by atoms with van der Waals surface area (Å²) in [7, 11) is 0. The van der Waals surface area contributed by atoms with Gasteiger partial charge in [-0.25, -0.2) is 10.4 Å². The molecular weight excluding hydrogens is 396 g/mol. The number of fused-ring (bicyclic) bond motifs is 1. The summed E-state index contributed by atoms with van der Waals surface area (Å²) in [5, 5.41) is 6.15. The smallest absolute Gasteiger partial charge is 0.277 e. The second kappa shape index (κ2) is 8.24. The molecule has 0 saturated heterocycles. The highest BCUT2D eigenvalue weighted by molar-refractivity contribution is 7.15. The summed E-state index contributed by atoms with van der Waals surface area (Å²) in [5.74, 6) is 0.239. The van der Waals surface area contributed by atoms with Crippen LogP contribution in [0.25, 0.3) is 16.1 Å². The Kier molecular flexibility index (Phi) is 5.36. The normalized spacial score (nSPS) is 11.2. The molecule has 1 N–H and O–H groups in total. The van der Waals surface area contributed by atoms with Crippen molar-refractivity contribution in [3.8, 4) is 16.9 Å². The molecule has 0 bridgehead atoms. The zero-order chi connectivity index (χ0) is 19.3. The number of hydrogen-bond donors (Lipinski definition) is 1. The molecule has 0 unspecified atom stereocenters. The van der Waals surface area contributed by atoms with Crippen molar-refractivity contribution in [2.75, 3.05) is 6.61 Å². The fourth-order valence-electron chi connectivity index (χ4n) is 2.61. The van der Waals surface area contributed by atoms with Crippen LogP contribution >= 0.6 is 22.9 Å². The monoisotopic (exact) mass is 410 g/mol. The van der Waals surface area contributed by atoms with Crippen LogP contribution in [0, 0.1) is 0 Å². The van der Waals surface area contributed by atoms with E-state index < -0.39 is 0 Å². The molecule has 0 aliphatic rings. The first-order valence-electron chi connectivity index (χ1n) is 8.42. The van der Waals surface area contributed by atoms with Gasteiger partial charge in [0.1, 0.15) is 11.4 Å². The molecule has 4 aromatic rings. The predicted molar refractivity (Wildman–Crippen MR) is 111 cm³/mol. The first-order valence-corrected chi connectivity index (χ1v) is 9.68. The third-order valence-electron chi connectivity index (χ3n) is 3.96. The molecule has 0 spiro atoms. The lowest BCUT2D eigenvalue weighted by atomic mass is 10.1. The molecule has 0 fully saturated rings. The van der Waals surface area contributed by atoms with Crippen molar-refractivity contribution in [1.29, 1.82) is 0 Å². The second-order valence-electron chi connectivity index (χ2n) is 5.82. The van der Waals surface area contributed by atoms with Crippen LogP contribution in [0.2, 0.25) is 5.15 Å². The molecule has 140 valence electrons. The number of hydrazone groups is 1. The summed E-state index contributed by atoms with van der Waals surface area (Å²) < 4.78 is 7.30. The van der Waals surface area contributed by atoms with Crippen LogP contribution in [-0.2, 0) is 4.79 Å². The number of halogens is 1. The lowest BCUT2D eigenvalue weighted by Gasteiger charge is -2.06. The zero-order valence-electron chi connectivity index (χ0n) is 14.6. The van der Waals surface area contributed by atoms with Gasteiger partial charge in [-0.05, 0) is 23.3 Å². The molecule has 0 radical (unpaired) electrons. The van der Waals surface area contributed by atoms with Gasteiger partial charge in [0, 0.05) is 11.6 Å². The molecule has 0 atom stereocenters. The van der Waals surface area contributed by atoms with Gasteiger partial charge in [-0.1, -0.05) is 54.1 Å². The standard InChI is InChI=1S/C20H15ClN4O2S/c21-19-17(25-10-11-28-20(25)23-19)12-22-24-18(26)13-27-16-8-6-15(7-9-16)14-4-2-1-3-5-14/h1-12H,13H2,(H,24,26)/b22-12-. The molecule has 4 rings (SSSR count). The Morgan fingerprint density at radius 2 is 1.93 bits per heavy atom. The van der Waals surface area contributed by atoms with E-state index in [-0.39, 0.29) is 12.5 Å². The summed E-state index contributed by atoms with van der Waals surface area (Å²) in [6.45, 7) is -0.143. The Morgan fingerprint density at radius 1 is 1.18 bits per heavy atom. The maximum atomic E-state index is 11.9. The van der Waals surface area contributed by atoms with Crippen molar-refractivity contribution in [3.05, 3.63) is 77.0 Å². The fraction of sp³-hybridized carbons (Fsp3) is 0.0500. The maximum absolute atomic E-state index is 11.9. The van der Waals surface area contributed by atoms with Crippen LogP contribution in [0.1, 0.15) is 5.69 Å². The number of thiazole rings is 1. The van der Waals surface area contributed by atoms with E-state index in [4.69, 9.17) is 16.3 Å². The summed E-state index contributed by atoms with van der Waals surface area (Å²) >= 11 is 7.53. The Morgan fingerprint density at radius 3 is 2.71 bits per heavy atom. The highest BCUT2D eigenvalue weighted by Crippen LogP contribution is 2.22. The van der Waals surface area contributed by atoms with Crippen molar-refractivity contribution in [1.82, 2.24) is 14.8 Å². The van der Waals surface area contributed by atoms with Crippen LogP contribution in [0.4, 0.5) is 0 Å². The number of imidazole rings is 1. The Balaban J connectivity index is 1.31. The quantitative estimate of drug-likeness (QED) is 0.381. The van der Waals surface area contributed by atoms with E-state index >= 15 is 0 Å². The number of aromatic nitrogens is 2. The zero-order valence-corrected chi connectivity index (χ0v) is 16.2. The second-order valence-corrected chi connectivity index (χ2v) is 7.05. The molecular formula is C20H15ClN4O2S. The SMILES string of the molecule is O=C(COc1ccc(-c2ccccc2)cc1)N/N=C\c1c(Cl)nc2sccn12. The van der Waals surface area contributed by atoms with Gasteiger partial charge >= 0.3 is 0 Å². The molecule has 2 aromatic heterocycles. The number of carbonyl (C=O) groups is 1. The minimum absolute atomic E-state index is 0.143. The molecule has 28 heavy (non-hydrogen) atoms. The number of ether oxygens (including phenoxy) is 1. The van der Waals surface area contributed by atoms with Crippen molar-refractivity contribution in [2.45, 2.75) is 0 Å². The third kappa shape index (κ3) is 4.05. The van der Waals surface area contributed by atoms with E-state index in [9.17, 15) is 4.79 Å². The van der Waals surface area contributed by atoms with Gasteiger partial charge in [-0.2, -0.15) is 5.10 Å². The first kappa shape index (κ1) is 18.2. The number of hydrogen-bond acceptors (Lipinski definition) is 5. The number of rotatable bonds is 6. The predicted octanol–water partition coefficient (Wildman–Crippen LogP) is 4.25.